The van der Waals surface area contributed by atoms with Gasteiger partial charge in [-0.05, 0) is 30.2 Å². The van der Waals surface area contributed by atoms with E-state index in [0.29, 0.717) is 12.1 Å². The molecule has 4 nitrogen and oxygen atoms in total. The third-order valence-electron chi connectivity index (χ3n) is 4.14. The summed E-state index contributed by atoms with van der Waals surface area (Å²) in [5, 5.41) is 2.75. The van der Waals surface area contributed by atoms with Crippen LogP contribution >= 0.6 is 0 Å². The molecule has 126 valence electrons. The molecule has 0 spiro atoms. The lowest BCUT2D eigenvalue weighted by Crippen LogP contribution is -2.34. The Morgan fingerprint density at radius 2 is 1.83 bits per heavy atom. The van der Waals surface area contributed by atoms with Crippen molar-refractivity contribution in [3.63, 3.8) is 0 Å². The van der Waals surface area contributed by atoms with Gasteiger partial charge in [0.1, 0.15) is 11.6 Å². The van der Waals surface area contributed by atoms with E-state index in [4.69, 9.17) is 0 Å². The minimum absolute atomic E-state index is 0.0879. The Kier molecular flexibility index (Phi) is 4.87. The molecule has 2 aromatic rings. The van der Waals surface area contributed by atoms with E-state index in [1.54, 1.807) is 0 Å². The van der Waals surface area contributed by atoms with E-state index in [-0.39, 0.29) is 24.4 Å². The van der Waals surface area contributed by atoms with Gasteiger partial charge in [-0.15, -0.1) is 0 Å². The largest absolute Gasteiger partial charge is 0.352 e. The van der Waals surface area contributed by atoms with Crippen molar-refractivity contribution >= 4 is 5.91 Å². The summed E-state index contributed by atoms with van der Waals surface area (Å²) in [4.78, 5) is 12.5. The van der Waals surface area contributed by atoms with Gasteiger partial charge in [0.25, 0.3) is 0 Å². The number of nitrogens with one attached hydrogen (secondary N) is 3. The van der Waals surface area contributed by atoms with Gasteiger partial charge in [0.15, 0.2) is 0 Å². The van der Waals surface area contributed by atoms with E-state index < -0.39 is 11.6 Å². The molecule has 1 saturated heterocycles. The Bertz CT molecular complexity index is 713. The molecule has 1 fully saturated rings. The molecule has 3 N–H and O–H groups in total. The van der Waals surface area contributed by atoms with E-state index in [1.807, 2.05) is 31.2 Å². The number of carbonyl (C=O) groups is 1. The van der Waals surface area contributed by atoms with Gasteiger partial charge in [-0.25, -0.2) is 14.2 Å². The molecule has 6 heteroatoms. The second-order valence-corrected chi connectivity index (χ2v) is 6.02. The zero-order valence-corrected chi connectivity index (χ0v) is 13.3. The predicted octanol–water partition coefficient (Wildman–Crippen LogP) is 2.35. The van der Waals surface area contributed by atoms with Gasteiger partial charge >= 0.3 is 0 Å². The second kappa shape index (κ2) is 7.07. The van der Waals surface area contributed by atoms with E-state index in [2.05, 4.69) is 16.2 Å². The van der Waals surface area contributed by atoms with Gasteiger partial charge in [-0.2, -0.15) is 0 Å². The average Bonchev–Trinajstić information content (AvgIpc) is 3.02. The molecule has 1 amide bonds. The quantitative estimate of drug-likeness (QED) is 0.806. The summed E-state index contributed by atoms with van der Waals surface area (Å²) in [7, 11) is 0. The van der Waals surface area contributed by atoms with Crippen molar-refractivity contribution in [1.82, 2.24) is 16.2 Å². The SMILES string of the molecule is Cc1ccc(C2NNCC2C(=O)NCc2cc(F)cc(F)c2)cc1. The van der Waals surface area contributed by atoms with E-state index in [9.17, 15) is 13.6 Å². The van der Waals surface area contributed by atoms with Gasteiger partial charge < -0.3 is 5.32 Å². The fraction of sp³-hybridized carbons (Fsp3) is 0.278. The summed E-state index contributed by atoms with van der Waals surface area (Å²) >= 11 is 0. The molecule has 0 radical (unpaired) electrons. The summed E-state index contributed by atoms with van der Waals surface area (Å²) in [6, 6.07) is 11.1. The number of benzene rings is 2. The zero-order valence-electron chi connectivity index (χ0n) is 13.3. The van der Waals surface area contributed by atoms with Crippen molar-refractivity contribution in [3.8, 4) is 0 Å². The lowest BCUT2D eigenvalue weighted by atomic mass is 9.93. The van der Waals surface area contributed by atoms with Gasteiger partial charge in [0.2, 0.25) is 5.91 Å². The molecule has 1 aliphatic heterocycles. The molecule has 24 heavy (non-hydrogen) atoms. The van der Waals surface area contributed by atoms with Crippen LogP contribution in [0.25, 0.3) is 0 Å². The molecular formula is C18H19F2N3O. The van der Waals surface area contributed by atoms with Crippen LogP contribution in [0.2, 0.25) is 0 Å². The second-order valence-electron chi connectivity index (χ2n) is 6.02. The molecular weight excluding hydrogens is 312 g/mol. The molecule has 3 rings (SSSR count). The Hall–Kier alpha value is -2.31. The highest BCUT2D eigenvalue weighted by Gasteiger charge is 2.33. The molecule has 0 saturated carbocycles. The first kappa shape index (κ1) is 16.5. The van der Waals surface area contributed by atoms with Crippen LogP contribution in [0.3, 0.4) is 0 Å². The van der Waals surface area contributed by atoms with E-state index >= 15 is 0 Å². The summed E-state index contributed by atoms with van der Waals surface area (Å²) < 4.78 is 26.4. The fourth-order valence-corrected chi connectivity index (χ4v) is 2.86. The van der Waals surface area contributed by atoms with Gasteiger partial charge in [-0.3, -0.25) is 10.2 Å². The Labute approximate surface area is 139 Å². The molecule has 0 aromatic heterocycles. The average molecular weight is 331 g/mol. The van der Waals surface area contributed by atoms with Crippen molar-refractivity contribution in [2.45, 2.75) is 19.5 Å². The van der Waals surface area contributed by atoms with Crippen molar-refractivity contribution in [2.75, 3.05) is 6.54 Å². The number of hydrogen-bond acceptors (Lipinski definition) is 3. The third-order valence-corrected chi connectivity index (χ3v) is 4.14. The summed E-state index contributed by atoms with van der Waals surface area (Å²) in [5.74, 6) is -1.77. The molecule has 0 bridgehead atoms. The first-order valence-electron chi connectivity index (χ1n) is 7.80. The first-order valence-corrected chi connectivity index (χ1v) is 7.80. The lowest BCUT2D eigenvalue weighted by molar-refractivity contribution is -0.125. The number of carbonyl (C=O) groups excluding carboxylic acids is 1. The third kappa shape index (κ3) is 3.77. The normalized spacial score (nSPS) is 20.1. The monoisotopic (exact) mass is 331 g/mol. The van der Waals surface area contributed by atoms with Crippen LogP contribution in [0.1, 0.15) is 22.7 Å². The highest BCUT2D eigenvalue weighted by Crippen LogP contribution is 2.25. The van der Waals surface area contributed by atoms with Crippen LogP contribution in [0.5, 0.6) is 0 Å². The molecule has 1 aliphatic rings. The summed E-state index contributed by atoms with van der Waals surface area (Å²) in [5.41, 5.74) is 8.67. The Morgan fingerprint density at radius 3 is 2.50 bits per heavy atom. The minimum atomic E-state index is -0.652. The zero-order chi connectivity index (χ0) is 17.1. The van der Waals surface area contributed by atoms with Crippen LogP contribution in [0.4, 0.5) is 8.78 Å². The molecule has 1 heterocycles. The number of amides is 1. The predicted molar refractivity (Wildman–Crippen MR) is 86.8 cm³/mol. The van der Waals surface area contributed by atoms with E-state index in [1.165, 1.54) is 12.1 Å². The van der Waals surface area contributed by atoms with E-state index in [0.717, 1.165) is 17.2 Å². The summed E-state index contributed by atoms with van der Waals surface area (Å²) in [6.45, 7) is 2.58. The fourth-order valence-electron chi connectivity index (χ4n) is 2.86. The van der Waals surface area contributed by atoms with Crippen molar-refractivity contribution in [2.24, 2.45) is 5.92 Å². The van der Waals surface area contributed by atoms with Gasteiger partial charge in [0, 0.05) is 19.2 Å². The molecule has 2 unspecified atom stereocenters. The van der Waals surface area contributed by atoms with Gasteiger partial charge in [-0.1, -0.05) is 29.8 Å². The maximum atomic E-state index is 13.2. The van der Waals surface area contributed by atoms with Crippen LogP contribution in [0, 0.1) is 24.5 Å². The Morgan fingerprint density at radius 1 is 1.17 bits per heavy atom. The van der Waals surface area contributed by atoms with Crippen molar-refractivity contribution < 1.29 is 13.6 Å². The lowest BCUT2D eigenvalue weighted by Gasteiger charge is -2.18. The standard InChI is InChI=1S/C18H19F2N3O/c1-11-2-4-13(5-3-11)17-16(10-22-23-17)18(24)21-9-12-6-14(19)8-15(20)7-12/h2-8,16-17,22-23H,9-10H2,1H3,(H,21,24). The smallest absolute Gasteiger partial charge is 0.226 e. The molecule has 0 aliphatic carbocycles. The number of halogens is 2. The molecule has 2 atom stereocenters. The maximum absolute atomic E-state index is 13.2. The number of rotatable bonds is 4. The first-order chi connectivity index (χ1) is 11.5. The number of aryl methyl sites for hydroxylation is 1. The molecule has 2 aromatic carbocycles. The highest BCUT2D eigenvalue weighted by molar-refractivity contribution is 5.80. The number of hydrogen-bond donors (Lipinski definition) is 3. The summed E-state index contributed by atoms with van der Waals surface area (Å²) in [6.07, 6.45) is 0. The minimum Gasteiger partial charge on any atom is -0.352 e. The van der Waals surface area contributed by atoms with Crippen LogP contribution in [-0.4, -0.2) is 12.5 Å². The van der Waals surface area contributed by atoms with Crippen LogP contribution < -0.4 is 16.2 Å². The van der Waals surface area contributed by atoms with Crippen LogP contribution in [0.15, 0.2) is 42.5 Å². The topological polar surface area (TPSA) is 53.2 Å². The van der Waals surface area contributed by atoms with Gasteiger partial charge in [0.05, 0.1) is 12.0 Å². The Balaban J connectivity index is 1.66. The van der Waals surface area contributed by atoms with Crippen molar-refractivity contribution in [3.05, 3.63) is 70.8 Å². The maximum Gasteiger partial charge on any atom is 0.226 e. The van der Waals surface area contributed by atoms with Crippen molar-refractivity contribution in [1.29, 1.82) is 0 Å². The highest BCUT2D eigenvalue weighted by atomic mass is 19.1. The number of hydrazine groups is 1. The van der Waals surface area contributed by atoms with Crippen LogP contribution in [-0.2, 0) is 11.3 Å².